The smallest absolute Gasteiger partial charge is 0.307 e. The lowest BCUT2D eigenvalue weighted by atomic mass is 10.1. The fraction of sp³-hybridized carbons (Fsp3) is 0.333. The third kappa shape index (κ3) is 5.37. The summed E-state index contributed by atoms with van der Waals surface area (Å²) in [5.41, 5.74) is 0.970. The van der Waals surface area contributed by atoms with Gasteiger partial charge in [0, 0.05) is 27.9 Å². The van der Waals surface area contributed by atoms with Crippen molar-refractivity contribution in [3.05, 3.63) is 44.9 Å². The van der Waals surface area contributed by atoms with E-state index in [1.165, 1.54) is 13.1 Å². The normalized spacial score (nSPS) is 11.7. The topological polar surface area (TPSA) is 85.4 Å². The molecule has 8 heteroatoms. The third-order valence-electron chi connectivity index (χ3n) is 3.59. The summed E-state index contributed by atoms with van der Waals surface area (Å²) in [5, 5.41) is 2.68. The number of ether oxygens (including phenoxy) is 1. The molecule has 26 heavy (non-hydrogen) atoms. The number of hydrogen-bond donors (Lipinski definition) is 1. The van der Waals surface area contributed by atoms with Crippen molar-refractivity contribution in [1.29, 1.82) is 0 Å². The van der Waals surface area contributed by atoms with Crippen LogP contribution in [0.1, 0.15) is 39.9 Å². The van der Waals surface area contributed by atoms with Gasteiger partial charge in [-0.3, -0.25) is 14.4 Å². The van der Waals surface area contributed by atoms with Gasteiger partial charge in [-0.05, 0) is 39.0 Å². The van der Waals surface area contributed by atoms with Gasteiger partial charge in [0.05, 0.1) is 12.1 Å². The van der Waals surface area contributed by atoms with Crippen LogP contribution < -0.4 is 5.32 Å². The lowest BCUT2D eigenvalue weighted by Crippen LogP contribution is -2.30. The SMILES string of the molecule is Cc1cc(C(=O)CCC(=O)O[C@@H](C)C(=O)Nc2cccnc2Cl)c(C)s1. The number of halogens is 1. The number of carbonyl (C=O) groups is 3. The number of thiophene rings is 1. The summed E-state index contributed by atoms with van der Waals surface area (Å²) in [6.07, 6.45) is 0.436. The molecule has 0 bridgehead atoms. The van der Waals surface area contributed by atoms with Gasteiger partial charge < -0.3 is 10.1 Å². The van der Waals surface area contributed by atoms with Crippen LogP contribution >= 0.6 is 22.9 Å². The molecule has 1 N–H and O–H groups in total. The van der Waals surface area contributed by atoms with Gasteiger partial charge in [0.25, 0.3) is 5.91 Å². The molecular formula is C18H19ClN2O4S. The van der Waals surface area contributed by atoms with E-state index in [2.05, 4.69) is 10.3 Å². The first-order valence-corrected chi connectivity index (χ1v) is 9.18. The van der Waals surface area contributed by atoms with Crippen molar-refractivity contribution in [2.24, 2.45) is 0 Å². The number of nitrogens with one attached hydrogen (secondary N) is 1. The average molecular weight is 395 g/mol. The molecule has 0 aliphatic carbocycles. The van der Waals surface area contributed by atoms with Gasteiger partial charge in [0.1, 0.15) is 0 Å². The first-order valence-electron chi connectivity index (χ1n) is 7.99. The van der Waals surface area contributed by atoms with E-state index in [1.807, 2.05) is 19.9 Å². The highest BCUT2D eigenvalue weighted by atomic mass is 35.5. The van der Waals surface area contributed by atoms with Crippen molar-refractivity contribution in [2.75, 3.05) is 5.32 Å². The fourth-order valence-electron chi connectivity index (χ4n) is 2.28. The number of aryl methyl sites for hydroxylation is 2. The maximum atomic E-state index is 12.2. The second kappa shape index (κ2) is 8.91. The van der Waals surface area contributed by atoms with Gasteiger partial charge in [0.15, 0.2) is 17.0 Å². The van der Waals surface area contributed by atoms with Crippen LogP contribution in [0, 0.1) is 13.8 Å². The summed E-state index contributed by atoms with van der Waals surface area (Å²) < 4.78 is 5.08. The molecule has 1 atom stereocenters. The van der Waals surface area contributed by atoms with E-state index < -0.39 is 18.0 Å². The Bertz CT molecular complexity index is 834. The molecule has 0 radical (unpaired) electrons. The number of carbonyl (C=O) groups excluding carboxylic acids is 3. The van der Waals surface area contributed by atoms with Gasteiger partial charge in [-0.2, -0.15) is 0 Å². The molecule has 0 aliphatic rings. The number of aromatic nitrogens is 1. The van der Waals surface area contributed by atoms with Crippen molar-refractivity contribution in [3.8, 4) is 0 Å². The number of anilines is 1. The second-order valence-corrected chi connectivity index (χ2v) is 7.53. The number of amides is 1. The maximum Gasteiger partial charge on any atom is 0.307 e. The molecule has 0 saturated heterocycles. The molecule has 0 spiro atoms. The summed E-state index contributed by atoms with van der Waals surface area (Å²) in [5.74, 6) is -1.24. The van der Waals surface area contributed by atoms with Crippen molar-refractivity contribution in [3.63, 3.8) is 0 Å². The summed E-state index contributed by atoms with van der Waals surface area (Å²) in [6, 6.07) is 5.03. The van der Waals surface area contributed by atoms with Gasteiger partial charge >= 0.3 is 5.97 Å². The lowest BCUT2D eigenvalue weighted by Gasteiger charge is -2.13. The Balaban J connectivity index is 1.83. The zero-order valence-electron chi connectivity index (χ0n) is 14.7. The number of Topliss-reactive ketones (excluding diaryl/α,β-unsaturated/α-hetero) is 1. The number of hydrogen-bond acceptors (Lipinski definition) is 6. The molecule has 0 aromatic carbocycles. The molecule has 2 aromatic heterocycles. The fourth-order valence-corrected chi connectivity index (χ4v) is 3.39. The standard InChI is InChI=1S/C18H19ClN2O4S/c1-10-9-13(12(3)26-10)15(22)6-7-16(23)25-11(2)18(24)21-14-5-4-8-20-17(14)19/h4-5,8-9,11H,6-7H2,1-3H3,(H,21,24)/t11-/m0/s1. The highest BCUT2D eigenvalue weighted by Gasteiger charge is 2.20. The zero-order valence-corrected chi connectivity index (χ0v) is 16.2. The predicted molar refractivity (Wildman–Crippen MR) is 101 cm³/mol. The minimum Gasteiger partial charge on any atom is -0.453 e. The van der Waals surface area contributed by atoms with Crippen LogP contribution in [0.3, 0.4) is 0 Å². The van der Waals surface area contributed by atoms with Crippen LogP contribution in [0.5, 0.6) is 0 Å². The Morgan fingerprint density at radius 3 is 2.65 bits per heavy atom. The summed E-state index contributed by atoms with van der Waals surface area (Å²) in [7, 11) is 0. The van der Waals surface area contributed by atoms with E-state index in [0.717, 1.165) is 9.75 Å². The molecule has 0 unspecified atom stereocenters. The molecule has 6 nitrogen and oxygen atoms in total. The van der Waals surface area contributed by atoms with Gasteiger partial charge in [-0.25, -0.2) is 4.98 Å². The molecule has 1 amide bonds. The Morgan fingerprint density at radius 2 is 2.04 bits per heavy atom. The third-order valence-corrected chi connectivity index (χ3v) is 4.86. The highest BCUT2D eigenvalue weighted by Crippen LogP contribution is 2.22. The summed E-state index contributed by atoms with van der Waals surface area (Å²) in [6.45, 7) is 5.25. The number of rotatable bonds is 7. The van der Waals surface area contributed by atoms with Crippen LogP contribution in [0.25, 0.3) is 0 Å². The van der Waals surface area contributed by atoms with Crippen LogP contribution in [-0.2, 0) is 14.3 Å². The van der Waals surface area contributed by atoms with Gasteiger partial charge in [-0.15, -0.1) is 11.3 Å². The molecule has 0 aliphatic heterocycles. The van der Waals surface area contributed by atoms with Crippen LogP contribution in [-0.4, -0.2) is 28.7 Å². The number of nitrogens with zero attached hydrogens (tertiary/aromatic N) is 1. The van der Waals surface area contributed by atoms with Crippen LogP contribution in [0.2, 0.25) is 5.15 Å². The number of pyridine rings is 1. The quantitative estimate of drug-likeness (QED) is 0.436. The molecular weight excluding hydrogens is 376 g/mol. The maximum absolute atomic E-state index is 12.2. The zero-order chi connectivity index (χ0) is 19.3. The number of ketones is 1. The summed E-state index contributed by atoms with van der Waals surface area (Å²) in [4.78, 5) is 42.0. The Morgan fingerprint density at radius 1 is 1.31 bits per heavy atom. The van der Waals surface area contributed by atoms with E-state index in [0.29, 0.717) is 11.3 Å². The molecule has 2 rings (SSSR count). The second-order valence-electron chi connectivity index (χ2n) is 5.71. The van der Waals surface area contributed by atoms with Gasteiger partial charge in [-0.1, -0.05) is 11.6 Å². The average Bonchev–Trinajstić information content (AvgIpc) is 2.93. The molecule has 0 saturated carbocycles. The Labute approximate surface area is 160 Å². The van der Waals surface area contributed by atoms with Crippen molar-refractivity contribution in [2.45, 2.75) is 39.7 Å². The highest BCUT2D eigenvalue weighted by molar-refractivity contribution is 7.12. The number of esters is 1. The van der Waals surface area contributed by atoms with E-state index >= 15 is 0 Å². The molecule has 0 fully saturated rings. The van der Waals surface area contributed by atoms with Crippen molar-refractivity contribution in [1.82, 2.24) is 4.98 Å². The molecule has 2 heterocycles. The first kappa shape index (κ1) is 20.1. The van der Waals surface area contributed by atoms with Crippen LogP contribution in [0.15, 0.2) is 24.4 Å². The van der Waals surface area contributed by atoms with E-state index in [9.17, 15) is 14.4 Å². The predicted octanol–water partition coefficient (Wildman–Crippen LogP) is 3.95. The molecule has 2 aromatic rings. The minimum atomic E-state index is -1.01. The van der Waals surface area contributed by atoms with E-state index in [1.54, 1.807) is 23.5 Å². The monoisotopic (exact) mass is 394 g/mol. The van der Waals surface area contributed by atoms with Crippen LogP contribution in [0.4, 0.5) is 5.69 Å². The Hall–Kier alpha value is -2.25. The van der Waals surface area contributed by atoms with Gasteiger partial charge in [0.2, 0.25) is 0 Å². The molecule has 138 valence electrons. The van der Waals surface area contributed by atoms with E-state index in [4.69, 9.17) is 16.3 Å². The lowest BCUT2D eigenvalue weighted by molar-refractivity contribution is -0.153. The largest absolute Gasteiger partial charge is 0.453 e. The Kier molecular flexibility index (Phi) is 6.88. The van der Waals surface area contributed by atoms with Crippen molar-refractivity contribution >= 4 is 46.3 Å². The summed E-state index contributed by atoms with van der Waals surface area (Å²) >= 11 is 7.41. The first-order chi connectivity index (χ1) is 12.3. The minimum absolute atomic E-state index is 0.0403. The van der Waals surface area contributed by atoms with E-state index in [-0.39, 0.29) is 23.8 Å². The van der Waals surface area contributed by atoms with Crippen molar-refractivity contribution < 1.29 is 19.1 Å².